The standard InChI is InChI=1S/C13H29NS/c1-7-11(3)9-12(14-8-2)10-15-13(4,5)6/h11-12,14H,7-10H2,1-6H3. The first-order valence-corrected chi connectivity index (χ1v) is 7.25. The lowest BCUT2D eigenvalue weighted by atomic mass is 10.0. The van der Waals surface area contributed by atoms with Gasteiger partial charge in [-0.2, -0.15) is 11.8 Å². The third-order valence-electron chi connectivity index (χ3n) is 2.59. The Balaban J connectivity index is 3.93. The summed E-state index contributed by atoms with van der Waals surface area (Å²) in [5, 5.41) is 3.60. The van der Waals surface area contributed by atoms with Crippen molar-refractivity contribution in [2.75, 3.05) is 12.3 Å². The van der Waals surface area contributed by atoms with Crippen LogP contribution in [0.4, 0.5) is 0 Å². The molecule has 0 aromatic heterocycles. The Kier molecular flexibility index (Phi) is 7.72. The fourth-order valence-corrected chi connectivity index (χ4v) is 2.46. The van der Waals surface area contributed by atoms with Crippen molar-refractivity contribution in [3.8, 4) is 0 Å². The van der Waals surface area contributed by atoms with Gasteiger partial charge in [0, 0.05) is 16.5 Å². The number of nitrogens with one attached hydrogen (secondary N) is 1. The summed E-state index contributed by atoms with van der Waals surface area (Å²) < 4.78 is 0.392. The molecule has 1 nitrogen and oxygen atoms in total. The Morgan fingerprint density at radius 2 is 1.80 bits per heavy atom. The molecule has 0 amide bonds. The highest BCUT2D eigenvalue weighted by atomic mass is 32.2. The van der Waals surface area contributed by atoms with Gasteiger partial charge in [-0.05, 0) is 18.9 Å². The molecule has 0 aromatic carbocycles. The zero-order valence-electron chi connectivity index (χ0n) is 11.4. The van der Waals surface area contributed by atoms with Crippen LogP contribution < -0.4 is 5.32 Å². The van der Waals surface area contributed by atoms with Gasteiger partial charge in [0.25, 0.3) is 0 Å². The Bertz CT molecular complexity index is 151. The van der Waals surface area contributed by atoms with Crippen molar-refractivity contribution < 1.29 is 0 Å². The molecule has 0 rings (SSSR count). The second-order valence-corrected chi connectivity index (χ2v) is 7.27. The van der Waals surface area contributed by atoms with Gasteiger partial charge in [0.05, 0.1) is 0 Å². The molecule has 0 fully saturated rings. The summed E-state index contributed by atoms with van der Waals surface area (Å²) in [6, 6.07) is 0.689. The lowest BCUT2D eigenvalue weighted by Gasteiger charge is -2.25. The summed E-state index contributed by atoms with van der Waals surface area (Å²) in [6.07, 6.45) is 2.61. The van der Waals surface area contributed by atoms with E-state index < -0.39 is 0 Å². The Morgan fingerprint density at radius 3 is 2.20 bits per heavy atom. The SMILES string of the molecule is CCNC(CSC(C)(C)C)CC(C)CC. The van der Waals surface area contributed by atoms with E-state index in [1.807, 2.05) is 0 Å². The van der Waals surface area contributed by atoms with Gasteiger partial charge in [0.15, 0.2) is 0 Å². The summed E-state index contributed by atoms with van der Waals surface area (Å²) >= 11 is 2.07. The van der Waals surface area contributed by atoms with E-state index in [9.17, 15) is 0 Å². The van der Waals surface area contributed by atoms with Crippen LogP contribution in [-0.2, 0) is 0 Å². The summed E-state index contributed by atoms with van der Waals surface area (Å²) in [4.78, 5) is 0. The van der Waals surface area contributed by atoms with E-state index in [2.05, 4.69) is 58.6 Å². The molecule has 92 valence electrons. The lowest BCUT2D eigenvalue weighted by molar-refractivity contribution is 0.423. The van der Waals surface area contributed by atoms with Crippen LogP contribution in [-0.4, -0.2) is 23.1 Å². The minimum Gasteiger partial charge on any atom is -0.313 e. The van der Waals surface area contributed by atoms with E-state index in [0.29, 0.717) is 10.8 Å². The molecule has 0 aliphatic heterocycles. The fourth-order valence-electron chi connectivity index (χ4n) is 1.50. The highest BCUT2D eigenvalue weighted by molar-refractivity contribution is 8.00. The molecular weight excluding hydrogens is 202 g/mol. The second kappa shape index (κ2) is 7.56. The molecule has 0 spiro atoms. The van der Waals surface area contributed by atoms with Crippen LogP contribution in [0.25, 0.3) is 0 Å². The molecule has 15 heavy (non-hydrogen) atoms. The fraction of sp³-hybridized carbons (Fsp3) is 1.00. The van der Waals surface area contributed by atoms with Crippen LogP contribution in [0, 0.1) is 5.92 Å². The zero-order chi connectivity index (χ0) is 11.9. The number of hydrogen-bond donors (Lipinski definition) is 1. The average Bonchev–Trinajstić information content (AvgIpc) is 2.13. The van der Waals surface area contributed by atoms with Crippen LogP contribution >= 0.6 is 11.8 Å². The Hall–Kier alpha value is 0.310. The van der Waals surface area contributed by atoms with Gasteiger partial charge < -0.3 is 5.32 Å². The summed E-state index contributed by atoms with van der Waals surface area (Å²) in [7, 11) is 0. The van der Waals surface area contributed by atoms with Gasteiger partial charge in [-0.25, -0.2) is 0 Å². The van der Waals surface area contributed by atoms with Crippen LogP contribution in [0.3, 0.4) is 0 Å². The minimum absolute atomic E-state index is 0.392. The minimum atomic E-state index is 0.392. The highest BCUT2D eigenvalue weighted by Crippen LogP contribution is 2.25. The molecule has 1 N–H and O–H groups in total. The predicted molar refractivity (Wildman–Crippen MR) is 73.7 cm³/mol. The maximum atomic E-state index is 3.60. The molecule has 2 atom stereocenters. The second-order valence-electron chi connectivity index (χ2n) is 5.43. The molecule has 0 bridgehead atoms. The van der Waals surface area contributed by atoms with E-state index in [1.165, 1.54) is 18.6 Å². The van der Waals surface area contributed by atoms with Crippen molar-refractivity contribution in [3.05, 3.63) is 0 Å². The molecular formula is C13H29NS. The molecule has 0 heterocycles. The van der Waals surface area contributed by atoms with Gasteiger partial charge in [0.1, 0.15) is 0 Å². The van der Waals surface area contributed by atoms with Crippen molar-refractivity contribution in [1.82, 2.24) is 5.32 Å². The first-order chi connectivity index (χ1) is 6.89. The molecule has 0 saturated carbocycles. The third-order valence-corrected chi connectivity index (χ3v) is 4.03. The first-order valence-electron chi connectivity index (χ1n) is 6.26. The van der Waals surface area contributed by atoms with E-state index >= 15 is 0 Å². The summed E-state index contributed by atoms with van der Waals surface area (Å²) in [5.41, 5.74) is 0. The average molecular weight is 231 g/mol. The smallest absolute Gasteiger partial charge is 0.0160 e. The molecule has 0 aliphatic rings. The van der Waals surface area contributed by atoms with Gasteiger partial charge >= 0.3 is 0 Å². The van der Waals surface area contributed by atoms with Gasteiger partial charge in [0.2, 0.25) is 0 Å². The summed E-state index contributed by atoms with van der Waals surface area (Å²) in [6.45, 7) is 14.8. The quantitative estimate of drug-likeness (QED) is 0.712. The zero-order valence-corrected chi connectivity index (χ0v) is 12.2. The van der Waals surface area contributed by atoms with Crippen LogP contribution in [0.2, 0.25) is 0 Å². The molecule has 2 unspecified atom stereocenters. The van der Waals surface area contributed by atoms with Crippen molar-refractivity contribution >= 4 is 11.8 Å². The van der Waals surface area contributed by atoms with Crippen molar-refractivity contribution in [2.45, 2.75) is 65.2 Å². The van der Waals surface area contributed by atoms with E-state index in [1.54, 1.807) is 0 Å². The van der Waals surface area contributed by atoms with Crippen molar-refractivity contribution in [3.63, 3.8) is 0 Å². The monoisotopic (exact) mass is 231 g/mol. The molecule has 0 radical (unpaired) electrons. The molecule has 0 saturated heterocycles. The molecule has 0 aliphatic carbocycles. The number of rotatable bonds is 7. The summed E-state index contributed by atoms with van der Waals surface area (Å²) in [5.74, 6) is 2.08. The van der Waals surface area contributed by atoms with Crippen molar-refractivity contribution in [2.24, 2.45) is 5.92 Å². The molecule has 0 aromatic rings. The topological polar surface area (TPSA) is 12.0 Å². The van der Waals surface area contributed by atoms with Crippen LogP contribution in [0.1, 0.15) is 54.4 Å². The Labute approximate surface area is 101 Å². The predicted octanol–water partition coefficient (Wildman–Crippen LogP) is 3.93. The molecule has 2 heteroatoms. The first kappa shape index (κ1) is 15.3. The normalized spacial score (nSPS) is 16.4. The number of hydrogen-bond acceptors (Lipinski definition) is 2. The van der Waals surface area contributed by atoms with E-state index in [4.69, 9.17) is 0 Å². The van der Waals surface area contributed by atoms with Crippen molar-refractivity contribution in [1.29, 1.82) is 0 Å². The van der Waals surface area contributed by atoms with Gasteiger partial charge in [-0.15, -0.1) is 0 Å². The third kappa shape index (κ3) is 9.25. The van der Waals surface area contributed by atoms with E-state index in [-0.39, 0.29) is 0 Å². The lowest BCUT2D eigenvalue weighted by Crippen LogP contribution is -2.34. The highest BCUT2D eigenvalue weighted by Gasteiger charge is 2.16. The van der Waals surface area contributed by atoms with Gasteiger partial charge in [-0.1, -0.05) is 48.0 Å². The number of thioether (sulfide) groups is 1. The Morgan fingerprint density at radius 1 is 1.20 bits per heavy atom. The van der Waals surface area contributed by atoms with E-state index in [0.717, 1.165) is 12.5 Å². The largest absolute Gasteiger partial charge is 0.313 e. The van der Waals surface area contributed by atoms with Crippen LogP contribution in [0.15, 0.2) is 0 Å². The van der Waals surface area contributed by atoms with Gasteiger partial charge in [-0.3, -0.25) is 0 Å². The van der Waals surface area contributed by atoms with Crippen LogP contribution in [0.5, 0.6) is 0 Å². The maximum Gasteiger partial charge on any atom is 0.0160 e. The maximum absolute atomic E-state index is 3.60.